The number of rotatable bonds is 4. The van der Waals surface area contributed by atoms with Gasteiger partial charge in [-0.05, 0) is 56.1 Å². The van der Waals surface area contributed by atoms with Gasteiger partial charge >= 0.3 is 0 Å². The van der Waals surface area contributed by atoms with Crippen molar-refractivity contribution < 1.29 is 4.74 Å². The SMILES string of the molecule is COc1ccc(Cl)cc1CN1CCC(C)(CN)CC1. The summed E-state index contributed by atoms with van der Waals surface area (Å²) in [4.78, 5) is 2.45. The minimum atomic E-state index is 0.314. The zero-order valence-electron chi connectivity index (χ0n) is 11.8. The van der Waals surface area contributed by atoms with Crippen molar-refractivity contribution in [3.63, 3.8) is 0 Å². The fourth-order valence-corrected chi connectivity index (χ4v) is 2.76. The van der Waals surface area contributed by atoms with Gasteiger partial charge in [-0.15, -0.1) is 0 Å². The quantitative estimate of drug-likeness (QED) is 0.923. The van der Waals surface area contributed by atoms with Gasteiger partial charge in [0.1, 0.15) is 5.75 Å². The zero-order chi connectivity index (χ0) is 13.9. The Labute approximate surface area is 120 Å². The topological polar surface area (TPSA) is 38.5 Å². The zero-order valence-corrected chi connectivity index (χ0v) is 12.5. The molecule has 1 aliphatic heterocycles. The Morgan fingerprint density at radius 1 is 1.37 bits per heavy atom. The average molecular weight is 283 g/mol. The molecule has 0 aliphatic carbocycles. The van der Waals surface area contributed by atoms with Crippen LogP contribution in [0.4, 0.5) is 0 Å². The molecule has 0 saturated carbocycles. The molecule has 0 spiro atoms. The van der Waals surface area contributed by atoms with Crippen LogP contribution in [0.1, 0.15) is 25.3 Å². The molecule has 106 valence electrons. The molecule has 1 aromatic rings. The van der Waals surface area contributed by atoms with Crippen LogP contribution in [0.25, 0.3) is 0 Å². The summed E-state index contributed by atoms with van der Waals surface area (Å²) in [5.74, 6) is 0.913. The number of nitrogens with two attached hydrogens (primary N) is 1. The summed E-state index contributed by atoms with van der Waals surface area (Å²) >= 11 is 6.07. The molecule has 0 atom stereocenters. The standard InChI is InChI=1S/C15H23ClN2O/c1-15(11-17)5-7-18(8-6-15)10-12-9-13(16)3-4-14(12)19-2/h3-4,9H,5-8,10-11,17H2,1-2H3. The normalized spacial score (nSPS) is 19.4. The molecule has 0 unspecified atom stereocenters. The molecule has 0 amide bonds. The van der Waals surface area contributed by atoms with Crippen LogP contribution in [0.15, 0.2) is 18.2 Å². The van der Waals surface area contributed by atoms with Crippen LogP contribution in [0.5, 0.6) is 5.75 Å². The number of hydrogen-bond acceptors (Lipinski definition) is 3. The Bertz CT molecular complexity index is 428. The van der Waals surface area contributed by atoms with Gasteiger partial charge in [0, 0.05) is 17.1 Å². The van der Waals surface area contributed by atoms with E-state index in [9.17, 15) is 0 Å². The number of hydrogen-bond donors (Lipinski definition) is 1. The molecule has 1 saturated heterocycles. The second-order valence-corrected chi connectivity index (χ2v) is 6.18. The van der Waals surface area contributed by atoms with Crippen LogP contribution in [-0.4, -0.2) is 31.6 Å². The van der Waals surface area contributed by atoms with Gasteiger partial charge in [0.2, 0.25) is 0 Å². The summed E-state index contributed by atoms with van der Waals surface area (Å²) in [6.07, 6.45) is 2.32. The molecule has 3 nitrogen and oxygen atoms in total. The van der Waals surface area contributed by atoms with Gasteiger partial charge in [0.05, 0.1) is 7.11 Å². The van der Waals surface area contributed by atoms with Crippen molar-refractivity contribution in [3.8, 4) is 5.75 Å². The predicted molar refractivity (Wildman–Crippen MR) is 79.7 cm³/mol. The molecule has 0 radical (unpaired) electrons. The van der Waals surface area contributed by atoms with Crippen LogP contribution in [0, 0.1) is 5.41 Å². The molecule has 1 aromatic carbocycles. The van der Waals surface area contributed by atoms with Crippen molar-refractivity contribution in [2.24, 2.45) is 11.1 Å². The maximum absolute atomic E-state index is 6.07. The fourth-order valence-electron chi connectivity index (χ4n) is 2.57. The molecular weight excluding hydrogens is 260 g/mol. The first kappa shape index (κ1) is 14.6. The highest BCUT2D eigenvalue weighted by atomic mass is 35.5. The summed E-state index contributed by atoms with van der Waals surface area (Å²) < 4.78 is 5.40. The fraction of sp³-hybridized carbons (Fsp3) is 0.600. The Morgan fingerprint density at radius 3 is 2.63 bits per heavy atom. The first-order valence-electron chi connectivity index (χ1n) is 6.81. The van der Waals surface area contributed by atoms with Crippen molar-refractivity contribution in [1.29, 1.82) is 0 Å². The molecule has 1 fully saturated rings. The highest BCUT2D eigenvalue weighted by molar-refractivity contribution is 6.30. The molecule has 0 aromatic heterocycles. The molecule has 0 bridgehead atoms. The summed E-state index contributed by atoms with van der Waals surface area (Å²) in [6, 6.07) is 5.80. The molecular formula is C15H23ClN2O. The van der Waals surface area contributed by atoms with Gasteiger partial charge in [-0.1, -0.05) is 18.5 Å². The molecule has 1 heterocycles. The van der Waals surface area contributed by atoms with E-state index in [1.165, 1.54) is 0 Å². The van der Waals surface area contributed by atoms with Crippen molar-refractivity contribution >= 4 is 11.6 Å². The number of piperidine rings is 1. The number of likely N-dealkylation sites (tertiary alicyclic amines) is 1. The predicted octanol–water partition coefficient (Wildman–Crippen LogP) is 2.91. The number of ether oxygens (including phenoxy) is 1. The van der Waals surface area contributed by atoms with E-state index in [2.05, 4.69) is 11.8 Å². The lowest BCUT2D eigenvalue weighted by Crippen LogP contribution is -2.41. The van der Waals surface area contributed by atoms with Crippen molar-refractivity contribution in [3.05, 3.63) is 28.8 Å². The number of nitrogens with zero attached hydrogens (tertiary/aromatic N) is 1. The van der Waals surface area contributed by atoms with E-state index in [0.717, 1.165) is 55.4 Å². The average Bonchev–Trinajstić information content (AvgIpc) is 2.42. The lowest BCUT2D eigenvalue weighted by molar-refractivity contribution is 0.118. The Balaban J connectivity index is 2.01. The molecule has 2 rings (SSSR count). The number of benzene rings is 1. The lowest BCUT2D eigenvalue weighted by atomic mass is 9.80. The lowest BCUT2D eigenvalue weighted by Gasteiger charge is -2.38. The van der Waals surface area contributed by atoms with E-state index in [0.29, 0.717) is 5.41 Å². The molecule has 1 aliphatic rings. The third-order valence-corrected chi connectivity index (χ3v) is 4.43. The summed E-state index contributed by atoms with van der Waals surface area (Å²) in [5, 5.41) is 0.764. The summed E-state index contributed by atoms with van der Waals surface area (Å²) in [5.41, 5.74) is 7.32. The largest absolute Gasteiger partial charge is 0.496 e. The van der Waals surface area contributed by atoms with Gasteiger partial charge in [0.15, 0.2) is 0 Å². The van der Waals surface area contributed by atoms with Gasteiger partial charge in [-0.2, -0.15) is 0 Å². The first-order chi connectivity index (χ1) is 9.06. The van der Waals surface area contributed by atoms with Gasteiger partial charge < -0.3 is 10.5 Å². The second-order valence-electron chi connectivity index (χ2n) is 5.75. The van der Waals surface area contributed by atoms with E-state index in [1.807, 2.05) is 18.2 Å². The Kier molecular flexibility index (Phi) is 4.71. The van der Waals surface area contributed by atoms with E-state index >= 15 is 0 Å². The Hall–Kier alpha value is -0.770. The minimum Gasteiger partial charge on any atom is -0.496 e. The second kappa shape index (κ2) is 6.12. The van der Waals surface area contributed by atoms with E-state index < -0.39 is 0 Å². The van der Waals surface area contributed by atoms with Crippen LogP contribution in [-0.2, 0) is 6.54 Å². The summed E-state index contributed by atoms with van der Waals surface area (Å²) in [7, 11) is 1.70. The summed E-state index contributed by atoms with van der Waals surface area (Å²) in [6.45, 7) is 6.13. The molecule has 4 heteroatoms. The van der Waals surface area contributed by atoms with Crippen LogP contribution in [0.3, 0.4) is 0 Å². The van der Waals surface area contributed by atoms with Crippen molar-refractivity contribution in [2.45, 2.75) is 26.3 Å². The van der Waals surface area contributed by atoms with Crippen molar-refractivity contribution in [2.75, 3.05) is 26.7 Å². The number of methoxy groups -OCH3 is 1. The van der Waals surface area contributed by atoms with Gasteiger partial charge in [0.25, 0.3) is 0 Å². The van der Waals surface area contributed by atoms with Crippen LogP contribution in [0.2, 0.25) is 5.02 Å². The van der Waals surface area contributed by atoms with Gasteiger partial charge in [-0.25, -0.2) is 0 Å². The van der Waals surface area contributed by atoms with E-state index in [4.69, 9.17) is 22.1 Å². The monoisotopic (exact) mass is 282 g/mol. The molecule has 19 heavy (non-hydrogen) atoms. The smallest absolute Gasteiger partial charge is 0.123 e. The maximum Gasteiger partial charge on any atom is 0.123 e. The third-order valence-electron chi connectivity index (χ3n) is 4.19. The minimum absolute atomic E-state index is 0.314. The third kappa shape index (κ3) is 3.62. The highest BCUT2D eigenvalue weighted by Gasteiger charge is 2.28. The van der Waals surface area contributed by atoms with Crippen molar-refractivity contribution in [1.82, 2.24) is 4.90 Å². The highest BCUT2D eigenvalue weighted by Crippen LogP contribution is 2.31. The first-order valence-corrected chi connectivity index (χ1v) is 7.19. The van der Waals surface area contributed by atoms with E-state index in [-0.39, 0.29) is 0 Å². The van der Waals surface area contributed by atoms with E-state index in [1.54, 1.807) is 7.11 Å². The van der Waals surface area contributed by atoms with Crippen LogP contribution >= 0.6 is 11.6 Å². The number of halogens is 1. The molecule has 2 N–H and O–H groups in total. The van der Waals surface area contributed by atoms with Crippen LogP contribution < -0.4 is 10.5 Å². The Morgan fingerprint density at radius 2 is 2.05 bits per heavy atom. The van der Waals surface area contributed by atoms with Gasteiger partial charge in [-0.3, -0.25) is 4.90 Å². The maximum atomic E-state index is 6.07.